The first kappa shape index (κ1) is 17.1. The van der Waals surface area contributed by atoms with Crippen LogP contribution in [0, 0.1) is 0 Å². The van der Waals surface area contributed by atoms with Crippen molar-refractivity contribution in [2.45, 2.75) is 50.4 Å². The number of benzene rings is 1. The maximum absolute atomic E-state index is 12.7. The molecule has 0 saturated carbocycles. The van der Waals surface area contributed by atoms with Gasteiger partial charge < -0.3 is 14.4 Å². The van der Waals surface area contributed by atoms with E-state index in [1.54, 1.807) is 4.68 Å². The number of hydrogen-bond donors (Lipinski definition) is 0. The van der Waals surface area contributed by atoms with Gasteiger partial charge in [-0.3, -0.25) is 4.79 Å². The number of carbonyl (C=O) groups excluding carboxylic acids is 1. The van der Waals surface area contributed by atoms with Crippen LogP contribution in [0.5, 0.6) is 11.5 Å². The molecule has 9 heteroatoms. The van der Waals surface area contributed by atoms with Crippen molar-refractivity contribution >= 4 is 17.7 Å². The maximum atomic E-state index is 12.7. The van der Waals surface area contributed by atoms with Crippen LogP contribution in [0.3, 0.4) is 0 Å². The highest BCUT2D eigenvalue weighted by Gasteiger charge is 2.29. The zero-order valence-electron chi connectivity index (χ0n) is 14.8. The molecular formula is C17H21N5O3S. The fraction of sp³-hybridized carbons (Fsp3) is 0.529. The van der Waals surface area contributed by atoms with Crippen molar-refractivity contribution in [3.05, 3.63) is 18.2 Å². The predicted molar refractivity (Wildman–Crippen MR) is 95.6 cm³/mol. The van der Waals surface area contributed by atoms with Crippen molar-refractivity contribution in [1.29, 1.82) is 0 Å². The minimum absolute atomic E-state index is 0.134. The molecule has 138 valence electrons. The van der Waals surface area contributed by atoms with E-state index >= 15 is 0 Å². The van der Waals surface area contributed by atoms with Crippen LogP contribution < -0.4 is 9.47 Å². The molecule has 2 aromatic rings. The number of likely N-dealkylation sites (tertiary alicyclic amines) is 1. The summed E-state index contributed by atoms with van der Waals surface area (Å²) in [7, 11) is 0. The number of tetrazole rings is 1. The number of nitrogens with zero attached hydrogens (tertiary/aromatic N) is 5. The Morgan fingerprint density at radius 2 is 2.00 bits per heavy atom. The maximum Gasteiger partial charge on any atom is 0.233 e. The van der Waals surface area contributed by atoms with Crippen LogP contribution in [0.4, 0.5) is 0 Å². The Labute approximate surface area is 155 Å². The van der Waals surface area contributed by atoms with Gasteiger partial charge in [-0.1, -0.05) is 11.8 Å². The number of amides is 1. The quantitative estimate of drug-likeness (QED) is 0.758. The second-order valence-corrected chi connectivity index (χ2v) is 7.57. The van der Waals surface area contributed by atoms with E-state index in [9.17, 15) is 4.79 Å². The molecule has 1 aromatic heterocycles. The van der Waals surface area contributed by atoms with Crippen LogP contribution >= 0.6 is 11.8 Å². The number of ether oxygens (including phenoxy) is 2. The average Bonchev–Trinajstić information content (AvgIpc) is 3.28. The molecule has 2 aliphatic heterocycles. The number of rotatable bonds is 4. The Hall–Kier alpha value is -2.29. The van der Waals surface area contributed by atoms with Crippen LogP contribution in [-0.2, 0) is 4.79 Å². The second kappa shape index (κ2) is 7.14. The predicted octanol–water partition coefficient (Wildman–Crippen LogP) is 2.27. The lowest BCUT2D eigenvalue weighted by Crippen LogP contribution is -2.48. The summed E-state index contributed by atoms with van der Waals surface area (Å²) in [4.78, 5) is 14.7. The lowest BCUT2D eigenvalue weighted by Gasteiger charge is -2.39. The van der Waals surface area contributed by atoms with Crippen LogP contribution in [-0.4, -0.2) is 55.6 Å². The molecule has 1 amide bonds. The van der Waals surface area contributed by atoms with Crippen LogP contribution in [0.1, 0.15) is 33.1 Å². The molecule has 0 bridgehead atoms. The summed E-state index contributed by atoms with van der Waals surface area (Å²) < 4.78 is 12.3. The molecule has 0 N–H and O–H groups in total. The van der Waals surface area contributed by atoms with Crippen molar-refractivity contribution in [3.8, 4) is 17.2 Å². The second-order valence-electron chi connectivity index (χ2n) is 6.63. The van der Waals surface area contributed by atoms with Crippen LogP contribution in [0.15, 0.2) is 23.4 Å². The van der Waals surface area contributed by atoms with Gasteiger partial charge in [0, 0.05) is 18.2 Å². The lowest BCUT2D eigenvalue weighted by molar-refractivity contribution is -0.134. The van der Waals surface area contributed by atoms with Gasteiger partial charge in [-0.2, -0.15) is 4.68 Å². The molecule has 3 heterocycles. The third kappa shape index (κ3) is 3.23. The van der Waals surface area contributed by atoms with Gasteiger partial charge in [-0.25, -0.2) is 0 Å². The molecule has 2 atom stereocenters. The zero-order chi connectivity index (χ0) is 18.1. The minimum Gasteiger partial charge on any atom is -0.454 e. The third-order valence-electron chi connectivity index (χ3n) is 4.85. The fourth-order valence-electron chi connectivity index (χ4n) is 3.56. The van der Waals surface area contributed by atoms with Crippen molar-refractivity contribution in [2.24, 2.45) is 0 Å². The molecule has 0 aliphatic carbocycles. The van der Waals surface area contributed by atoms with Gasteiger partial charge in [0.2, 0.25) is 17.9 Å². The largest absolute Gasteiger partial charge is 0.454 e. The number of piperidine rings is 1. The van der Waals surface area contributed by atoms with Gasteiger partial charge in [-0.05, 0) is 55.7 Å². The third-order valence-corrected chi connectivity index (χ3v) is 5.75. The summed E-state index contributed by atoms with van der Waals surface area (Å²) in [5.74, 6) is 1.83. The van der Waals surface area contributed by atoms with Gasteiger partial charge in [0.15, 0.2) is 11.5 Å². The van der Waals surface area contributed by atoms with Crippen LogP contribution in [0.2, 0.25) is 0 Å². The number of fused-ring (bicyclic) bond motifs is 1. The van der Waals surface area contributed by atoms with E-state index in [-0.39, 0.29) is 24.8 Å². The normalized spacial score (nSPS) is 21.8. The molecule has 2 aliphatic rings. The summed E-state index contributed by atoms with van der Waals surface area (Å²) in [6.07, 6.45) is 3.31. The first-order valence-corrected chi connectivity index (χ1v) is 9.74. The van der Waals surface area contributed by atoms with Gasteiger partial charge in [-0.15, -0.1) is 5.10 Å². The first-order valence-electron chi connectivity index (χ1n) is 8.76. The van der Waals surface area contributed by atoms with E-state index < -0.39 is 0 Å². The fourth-order valence-corrected chi connectivity index (χ4v) is 4.32. The highest BCUT2D eigenvalue weighted by Crippen LogP contribution is 2.34. The van der Waals surface area contributed by atoms with Gasteiger partial charge >= 0.3 is 0 Å². The topological polar surface area (TPSA) is 82.4 Å². The Morgan fingerprint density at radius 3 is 2.81 bits per heavy atom. The number of carbonyl (C=O) groups is 1. The molecule has 1 fully saturated rings. The summed E-state index contributed by atoms with van der Waals surface area (Å²) >= 11 is 1.35. The Morgan fingerprint density at radius 1 is 1.23 bits per heavy atom. The Balaban J connectivity index is 1.47. The summed E-state index contributed by atoms with van der Waals surface area (Å²) in [6, 6.07) is 6.10. The van der Waals surface area contributed by atoms with Crippen LogP contribution in [0.25, 0.3) is 5.69 Å². The number of hydrogen-bond acceptors (Lipinski definition) is 7. The van der Waals surface area contributed by atoms with E-state index in [1.165, 1.54) is 18.2 Å². The smallest absolute Gasteiger partial charge is 0.233 e. The summed E-state index contributed by atoms with van der Waals surface area (Å²) in [5.41, 5.74) is 0.772. The number of thioether (sulfide) groups is 1. The number of aromatic nitrogens is 4. The molecule has 4 rings (SSSR count). The molecule has 0 spiro atoms. The molecule has 26 heavy (non-hydrogen) atoms. The molecular weight excluding hydrogens is 354 g/mol. The van der Waals surface area contributed by atoms with E-state index in [0.717, 1.165) is 18.5 Å². The summed E-state index contributed by atoms with van der Waals surface area (Å²) in [5, 5.41) is 12.4. The van der Waals surface area contributed by atoms with Crippen molar-refractivity contribution in [2.75, 3.05) is 12.5 Å². The zero-order valence-corrected chi connectivity index (χ0v) is 15.6. The molecule has 8 nitrogen and oxygen atoms in total. The Bertz CT molecular complexity index is 801. The molecule has 1 aromatic carbocycles. The van der Waals surface area contributed by atoms with Gasteiger partial charge in [0.25, 0.3) is 0 Å². The van der Waals surface area contributed by atoms with E-state index in [4.69, 9.17) is 9.47 Å². The SMILES string of the molecule is C[C@@H]1CCC[C@@H](C)N1C(=O)CSc1nnnn1-c1ccc2c(c1)OCO2. The minimum atomic E-state index is 0.134. The van der Waals surface area contributed by atoms with Crippen molar-refractivity contribution < 1.29 is 14.3 Å². The van der Waals surface area contributed by atoms with E-state index in [1.807, 2.05) is 23.1 Å². The highest BCUT2D eigenvalue weighted by molar-refractivity contribution is 7.99. The molecule has 0 radical (unpaired) electrons. The van der Waals surface area contributed by atoms with E-state index in [2.05, 4.69) is 29.4 Å². The average molecular weight is 375 g/mol. The van der Waals surface area contributed by atoms with Gasteiger partial charge in [0.1, 0.15) is 0 Å². The van der Waals surface area contributed by atoms with E-state index in [0.29, 0.717) is 22.4 Å². The highest BCUT2D eigenvalue weighted by atomic mass is 32.2. The van der Waals surface area contributed by atoms with Crippen molar-refractivity contribution in [1.82, 2.24) is 25.1 Å². The molecule has 0 unspecified atom stereocenters. The lowest BCUT2D eigenvalue weighted by atomic mass is 9.98. The van der Waals surface area contributed by atoms with Crippen molar-refractivity contribution in [3.63, 3.8) is 0 Å². The monoisotopic (exact) mass is 375 g/mol. The summed E-state index contributed by atoms with van der Waals surface area (Å²) in [6.45, 7) is 4.46. The Kier molecular flexibility index (Phi) is 4.71. The molecule has 1 saturated heterocycles. The standard InChI is InChI=1S/C17H21N5O3S/c1-11-4-3-5-12(2)21(11)16(23)9-26-17-18-19-20-22(17)13-6-7-14-15(8-13)25-10-24-14/h6-8,11-12H,3-5,9-10H2,1-2H3/t11-,12-/m1/s1. The first-order chi connectivity index (χ1) is 12.6. The van der Waals surface area contributed by atoms with Gasteiger partial charge in [0.05, 0.1) is 11.4 Å².